The first-order chi connectivity index (χ1) is 10.0. The molecule has 3 N–H and O–H groups in total. The topological polar surface area (TPSA) is 64.3 Å². The highest BCUT2D eigenvalue weighted by Crippen LogP contribution is 2.24. The van der Waals surface area contributed by atoms with E-state index in [-0.39, 0.29) is 6.61 Å². The van der Waals surface area contributed by atoms with Gasteiger partial charge in [-0.15, -0.1) is 0 Å². The highest BCUT2D eigenvalue weighted by Gasteiger charge is 2.01. The van der Waals surface area contributed by atoms with Gasteiger partial charge in [0.2, 0.25) is 0 Å². The van der Waals surface area contributed by atoms with Gasteiger partial charge in [-0.2, -0.15) is 0 Å². The van der Waals surface area contributed by atoms with Gasteiger partial charge in [0.05, 0.1) is 0 Å². The van der Waals surface area contributed by atoms with Crippen molar-refractivity contribution >= 4 is 27.5 Å². The molecule has 0 atom stereocenters. The molecule has 0 saturated heterocycles. The quantitative estimate of drug-likeness (QED) is 0.842. The standard InChI is InChI=1S/C16H17BrN2O2/c1-11-2-7-14(17)15(8-11)19-9-12-3-5-13(6-4-12)21-10-16(18)20/h2-8,19H,9-10H2,1H3,(H2,18,20). The molecule has 0 radical (unpaired) electrons. The molecule has 0 bridgehead atoms. The number of primary amides is 1. The first-order valence-electron chi connectivity index (χ1n) is 6.54. The molecule has 0 aromatic heterocycles. The number of hydrogen-bond donors (Lipinski definition) is 2. The molecular weight excluding hydrogens is 332 g/mol. The number of nitrogens with one attached hydrogen (secondary N) is 1. The Morgan fingerprint density at radius 1 is 1.24 bits per heavy atom. The van der Waals surface area contributed by atoms with E-state index in [0.717, 1.165) is 15.7 Å². The van der Waals surface area contributed by atoms with E-state index in [0.29, 0.717) is 12.3 Å². The normalized spacial score (nSPS) is 10.2. The summed E-state index contributed by atoms with van der Waals surface area (Å²) in [7, 11) is 0. The summed E-state index contributed by atoms with van der Waals surface area (Å²) in [4.78, 5) is 10.6. The summed E-state index contributed by atoms with van der Waals surface area (Å²) < 4.78 is 6.25. The summed E-state index contributed by atoms with van der Waals surface area (Å²) in [5.41, 5.74) is 8.41. The maximum absolute atomic E-state index is 10.6. The van der Waals surface area contributed by atoms with E-state index in [1.54, 1.807) is 0 Å². The van der Waals surface area contributed by atoms with Gasteiger partial charge in [0.1, 0.15) is 5.75 Å². The number of benzene rings is 2. The van der Waals surface area contributed by atoms with Crippen LogP contribution in [0.25, 0.3) is 0 Å². The van der Waals surface area contributed by atoms with Crippen molar-refractivity contribution in [3.05, 3.63) is 58.1 Å². The zero-order valence-electron chi connectivity index (χ0n) is 11.7. The molecule has 0 aliphatic carbocycles. The van der Waals surface area contributed by atoms with Crippen molar-refractivity contribution in [2.45, 2.75) is 13.5 Å². The third-order valence-corrected chi connectivity index (χ3v) is 3.60. The van der Waals surface area contributed by atoms with Gasteiger partial charge in [-0.25, -0.2) is 0 Å². The maximum atomic E-state index is 10.6. The van der Waals surface area contributed by atoms with Crippen molar-refractivity contribution in [3.8, 4) is 5.75 Å². The summed E-state index contributed by atoms with van der Waals surface area (Å²) in [5, 5.41) is 3.38. The molecule has 0 heterocycles. The molecule has 2 aromatic carbocycles. The number of rotatable bonds is 6. The van der Waals surface area contributed by atoms with Gasteiger partial charge in [-0.3, -0.25) is 4.79 Å². The third-order valence-electron chi connectivity index (χ3n) is 2.91. The zero-order chi connectivity index (χ0) is 15.2. The summed E-state index contributed by atoms with van der Waals surface area (Å²) in [6.45, 7) is 2.66. The van der Waals surface area contributed by atoms with Crippen LogP contribution in [0.1, 0.15) is 11.1 Å². The molecule has 2 rings (SSSR count). The molecule has 110 valence electrons. The lowest BCUT2D eigenvalue weighted by molar-refractivity contribution is -0.119. The number of anilines is 1. The zero-order valence-corrected chi connectivity index (χ0v) is 13.3. The second-order valence-corrected chi connectivity index (χ2v) is 5.59. The first kappa shape index (κ1) is 15.4. The summed E-state index contributed by atoms with van der Waals surface area (Å²) >= 11 is 3.52. The second-order valence-electron chi connectivity index (χ2n) is 4.74. The number of hydrogen-bond acceptors (Lipinski definition) is 3. The van der Waals surface area contributed by atoms with Crippen molar-refractivity contribution in [3.63, 3.8) is 0 Å². The van der Waals surface area contributed by atoms with Gasteiger partial charge in [0, 0.05) is 16.7 Å². The van der Waals surface area contributed by atoms with Gasteiger partial charge in [0.15, 0.2) is 6.61 Å². The average molecular weight is 349 g/mol. The monoisotopic (exact) mass is 348 g/mol. The lowest BCUT2D eigenvalue weighted by Gasteiger charge is -2.10. The smallest absolute Gasteiger partial charge is 0.255 e. The fourth-order valence-electron chi connectivity index (χ4n) is 1.83. The van der Waals surface area contributed by atoms with Gasteiger partial charge < -0.3 is 15.8 Å². The Morgan fingerprint density at radius 2 is 1.95 bits per heavy atom. The SMILES string of the molecule is Cc1ccc(Br)c(NCc2ccc(OCC(N)=O)cc2)c1. The molecule has 0 aliphatic rings. The van der Waals surface area contributed by atoms with Gasteiger partial charge >= 0.3 is 0 Å². The van der Waals surface area contributed by atoms with Crippen LogP contribution in [-0.2, 0) is 11.3 Å². The molecule has 0 fully saturated rings. The molecular formula is C16H17BrN2O2. The number of halogens is 1. The van der Waals surface area contributed by atoms with Gasteiger partial charge in [-0.05, 0) is 58.2 Å². The van der Waals surface area contributed by atoms with E-state index >= 15 is 0 Å². The van der Waals surface area contributed by atoms with Crippen molar-refractivity contribution in [1.82, 2.24) is 0 Å². The van der Waals surface area contributed by atoms with Crippen LogP contribution in [0.4, 0.5) is 5.69 Å². The first-order valence-corrected chi connectivity index (χ1v) is 7.34. The van der Waals surface area contributed by atoms with E-state index in [1.807, 2.05) is 30.3 Å². The summed E-state index contributed by atoms with van der Waals surface area (Å²) in [6, 6.07) is 13.7. The fraction of sp³-hybridized carbons (Fsp3) is 0.188. The molecule has 0 spiro atoms. The van der Waals surface area contributed by atoms with Crippen LogP contribution in [-0.4, -0.2) is 12.5 Å². The van der Waals surface area contributed by atoms with E-state index in [9.17, 15) is 4.79 Å². The predicted octanol–water partition coefficient (Wildman–Crippen LogP) is 3.23. The minimum absolute atomic E-state index is 0.103. The Labute approximate surface area is 132 Å². The lowest BCUT2D eigenvalue weighted by Crippen LogP contribution is -2.19. The minimum Gasteiger partial charge on any atom is -0.484 e. The number of amides is 1. The van der Waals surface area contributed by atoms with Gasteiger partial charge in [-0.1, -0.05) is 18.2 Å². The Kier molecular flexibility index (Phi) is 5.22. The maximum Gasteiger partial charge on any atom is 0.255 e. The predicted molar refractivity (Wildman–Crippen MR) is 87.3 cm³/mol. The molecule has 2 aromatic rings. The third kappa shape index (κ3) is 4.79. The number of carbonyl (C=O) groups is 1. The van der Waals surface area contributed by atoms with Crippen LogP contribution in [0.3, 0.4) is 0 Å². The largest absolute Gasteiger partial charge is 0.484 e. The van der Waals surface area contributed by atoms with Crippen molar-refractivity contribution in [2.24, 2.45) is 5.73 Å². The second kappa shape index (κ2) is 7.13. The number of carbonyl (C=O) groups excluding carboxylic acids is 1. The van der Waals surface area contributed by atoms with Crippen molar-refractivity contribution in [1.29, 1.82) is 0 Å². The Hall–Kier alpha value is -2.01. The van der Waals surface area contributed by atoms with Crippen molar-refractivity contribution < 1.29 is 9.53 Å². The molecule has 21 heavy (non-hydrogen) atoms. The van der Waals surface area contributed by atoms with Crippen LogP contribution < -0.4 is 15.8 Å². The highest BCUT2D eigenvalue weighted by molar-refractivity contribution is 9.10. The molecule has 5 heteroatoms. The van der Waals surface area contributed by atoms with E-state index in [4.69, 9.17) is 10.5 Å². The average Bonchev–Trinajstić information content (AvgIpc) is 2.47. The lowest BCUT2D eigenvalue weighted by atomic mass is 10.2. The fourth-order valence-corrected chi connectivity index (χ4v) is 2.22. The van der Waals surface area contributed by atoms with Gasteiger partial charge in [0.25, 0.3) is 5.91 Å². The van der Waals surface area contributed by atoms with Crippen LogP contribution in [0.2, 0.25) is 0 Å². The van der Waals surface area contributed by atoms with Crippen LogP contribution in [0, 0.1) is 6.92 Å². The minimum atomic E-state index is -0.481. The van der Waals surface area contributed by atoms with E-state index < -0.39 is 5.91 Å². The van der Waals surface area contributed by atoms with Crippen LogP contribution in [0.15, 0.2) is 46.9 Å². The van der Waals surface area contributed by atoms with E-state index in [2.05, 4.69) is 40.3 Å². The van der Waals surface area contributed by atoms with Crippen LogP contribution >= 0.6 is 15.9 Å². The number of ether oxygens (including phenoxy) is 1. The summed E-state index contributed by atoms with van der Waals surface area (Å²) in [5.74, 6) is 0.152. The number of aryl methyl sites for hydroxylation is 1. The molecule has 0 saturated carbocycles. The summed E-state index contributed by atoms with van der Waals surface area (Å²) in [6.07, 6.45) is 0. The van der Waals surface area contributed by atoms with Crippen molar-refractivity contribution in [2.75, 3.05) is 11.9 Å². The molecule has 4 nitrogen and oxygen atoms in total. The van der Waals surface area contributed by atoms with Crippen LogP contribution in [0.5, 0.6) is 5.75 Å². The molecule has 0 aliphatic heterocycles. The Balaban J connectivity index is 1.94. The molecule has 0 unspecified atom stereocenters. The Morgan fingerprint density at radius 3 is 2.62 bits per heavy atom. The molecule has 1 amide bonds. The Bertz CT molecular complexity index is 627. The van der Waals surface area contributed by atoms with E-state index in [1.165, 1.54) is 5.56 Å². The number of nitrogens with two attached hydrogens (primary N) is 1. The highest BCUT2D eigenvalue weighted by atomic mass is 79.9.